The van der Waals surface area contributed by atoms with Gasteiger partial charge in [-0.1, -0.05) is 19.1 Å². The Kier molecular flexibility index (Phi) is 7.49. The van der Waals surface area contributed by atoms with E-state index >= 15 is 0 Å². The number of hydrogen-bond acceptors (Lipinski definition) is 4. The van der Waals surface area contributed by atoms with Gasteiger partial charge >= 0.3 is 0 Å². The molecule has 0 fully saturated rings. The second-order valence-corrected chi connectivity index (χ2v) is 5.72. The first kappa shape index (κ1) is 19.3. The summed E-state index contributed by atoms with van der Waals surface area (Å²) in [4.78, 5) is 24.0. The van der Waals surface area contributed by atoms with E-state index in [0.717, 1.165) is 12.2 Å². The fourth-order valence-electron chi connectivity index (χ4n) is 2.30. The molecule has 2 aromatic rings. The van der Waals surface area contributed by atoms with E-state index in [9.17, 15) is 9.59 Å². The van der Waals surface area contributed by atoms with Gasteiger partial charge < -0.3 is 20.7 Å². The largest absolute Gasteiger partial charge is 0.494 e. The number of amides is 2. The van der Waals surface area contributed by atoms with Gasteiger partial charge in [0, 0.05) is 29.5 Å². The highest BCUT2D eigenvalue weighted by Crippen LogP contribution is 2.17. The number of anilines is 2. The molecule has 2 aromatic carbocycles. The summed E-state index contributed by atoms with van der Waals surface area (Å²) in [6.07, 6.45) is 0.926. The monoisotopic (exact) mass is 355 g/mol. The van der Waals surface area contributed by atoms with Crippen molar-refractivity contribution < 1.29 is 14.3 Å². The minimum Gasteiger partial charge on any atom is -0.494 e. The molecule has 3 N–H and O–H groups in total. The minimum atomic E-state index is -0.180. The molecule has 0 heterocycles. The van der Waals surface area contributed by atoms with Gasteiger partial charge in [-0.2, -0.15) is 0 Å². The second kappa shape index (κ2) is 10.1. The maximum atomic E-state index is 12.1. The molecule has 6 heteroatoms. The average Bonchev–Trinajstić information content (AvgIpc) is 2.65. The predicted molar refractivity (Wildman–Crippen MR) is 104 cm³/mol. The highest BCUT2D eigenvalue weighted by atomic mass is 16.5. The third kappa shape index (κ3) is 6.12. The van der Waals surface area contributed by atoms with Crippen LogP contribution in [0.15, 0.2) is 48.5 Å². The van der Waals surface area contributed by atoms with E-state index in [1.54, 1.807) is 24.3 Å². The van der Waals surface area contributed by atoms with Crippen molar-refractivity contribution in [3.63, 3.8) is 0 Å². The zero-order valence-electron chi connectivity index (χ0n) is 15.2. The average molecular weight is 355 g/mol. The van der Waals surface area contributed by atoms with E-state index < -0.39 is 0 Å². The highest BCUT2D eigenvalue weighted by molar-refractivity contribution is 5.96. The zero-order chi connectivity index (χ0) is 18.8. The van der Waals surface area contributed by atoms with Crippen molar-refractivity contribution in [2.24, 2.45) is 0 Å². The molecule has 0 aliphatic carbocycles. The zero-order valence-corrected chi connectivity index (χ0v) is 15.2. The van der Waals surface area contributed by atoms with Gasteiger partial charge in [0.2, 0.25) is 5.91 Å². The van der Waals surface area contributed by atoms with Crippen molar-refractivity contribution in [3.05, 3.63) is 54.1 Å². The van der Waals surface area contributed by atoms with Gasteiger partial charge in [0.1, 0.15) is 5.75 Å². The summed E-state index contributed by atoms with van der Waals surface area (Å²) in [5, 5.41) is 8.60. The second-order valence-electron chi connectivity index (χ2n) is 5.72. The van der Waals surface area contributed by atoms with Crippen LogP contribution < -0.4 is 20.7 Å². The first-order valence-electron chi connectivity index (χ1n) is 8.77. The maximum Gasteiger partial charge on any atom is 0.251 e. The molecule has 2 amide bonds. The lowest BCUT2D eigenvalue weighted by atomic mass is 10.2. The Balaban J connectivity index is 1.89. The first-order valence-corrected chi connectivity index (χ1v) is 8.77. The molecule has 138 valence electrons. The number of rotatable bonds is 9. The molecule has 0 aliphatic heterocycles. The standard InChI is InChI=1S/C20H25N3O3/c1-3-11-26-18-10-6-9-17(13-18)23-19(24)14-22-16-8-5-7-15(12-16)20(25)21-4-2/h5-10,12-13,22H,3-4,11,14H2,1-2H3,(H,21,25)(H,23,24). The van der Waals surface area contributed by atoms with Crippen LogP contribution in [0.5, 0.6) is 5.75 Å². The lowest BCUT2D eigenvalue weighted by molar-refractivity contribution is -0.114. The van der Waals surface area contributed by atoms with E-state index in [0.29, 0.717) is 30.1 Å². The van der Waals surface area contributed by atoms with Crippen molar-refractivity contribution in [1.29, 1.82) is 0 Å². The number of benzene rings is 2. The van der Waals surface area contributed by atoms with E-state index in [-0.39, 0.29) is 18.4 Å². The van der Waals surface area contributed by atoms with Gasteiger partial charge in [0.15, 0.2) is 0 Å². The quantitative estimate of drug-likeness (QED) is 0.645. The number of carbonyl (C=O) groups is 2. The summed E-state index contributed by atoms with van der Waals surface area (Å²) in [5.41, 5.74) is 1.95. The van der Waals surface area contributed by atoms with Crippen molar-refractivity contribution >= 4 is 23.2 Å². The van der Waals surface area contributed by atoms with Gasteiger partial charge in [-0.3, -0.25) is 9.59 Å². The summed E-state index contributed by atoms with van der Waals surface area (Å²) < 4.78 is 5.56. The Labute approximate surface area is 153 Å². The SMILES string of the molecule is CCCOc1cccc(NC(=O)CNc2cccc(C(=O)NCC)c2)c1. The lowest BCUT2D eigenvalue weighted by Crippen LogP contribution is -2.23. The molecule has 0 atom stereocenters. The molecule has 0 bridgehead atoms. The molecule has 2 rings (SSSR count). The van der Waals surface area contributed by atoms with Crippen LogP contribution in [0.25, 0.3) is 0 Å². The smallest absolute Gasteiger partial charge is 0.251 e. The summed E-state index contributed by atoms with van der Waals surface area (Å²) in [5.74, 6) is 0.415. The predicted octanol–water partition coefficient (Wildman–Crippen LogP) is 3.28. The topological polar surface area (TPSA) is 79.5 Å². The third-order valence-electron chi connectivity index (χ3n) is 3.51. The summed E-state index contributed by atoms with van der Waals surface area (Å²) in [6.45, 7) is 5.21. The van der Waals surface area contributed by atoms with Crippen LogP contribution in [0.2, 0.25) is 0 Å². The van der Waals surface area contributed by atoms with E-state index in [4.69, 9.17) is 4.74 Å². The molecule has 0 spiro atoms. The molecular weight excluding hydrogens is 330 g/mol. The molecule has 0 aliphatic rings. The molecule has 0 unspecified atom stereocenters. The number of carbonyl (C=O) groups excluding carboxylic acids is 2. The van der Waals surface area contributed by atoms with Crippen LogP contribution in [-0.2, 0) is 4.79 Å². The van der Waals surface area contributed by atoms with Crippen molar-refractivity contribution in [1.82, 2.24) is 5.32 Å². The number of hydrogen-bond donors (Lipinski definition) is 3. The van der Waals surface area contributed by atoms with Crippen LogP contribution >= 0.6 is 0 Å². The van der Waals surface area contributed by atoms with E-state index in [2.05, 4.69) is 16.0 Å². The lowest BCUT2D eigenvalue weighted by Gasteiger charge is -2.10. The van der Waals surface area contributed by atoms with E-state index in [1.165, 1.54) is 0 Å². The van der Waals surface area contributed by atoms with Crippen molar-refractivity contribution in [3.8, 4) is 5.75 Å². The van der Waals surface area contributed by atoms with Gasteiger partial charge in [-0.15, -0.1) is 0 Å². The van der Waals surface area contributed by atoms with Crippen LogP contribution in [-0.4, -0.2) is 31.5 Å². The normalized spacial score (nSPS) is 10.1. The molecular formula is C20H25N3O3. The molecule has 0 aromatic heterocycles. The summed E-state index contributed by atoms with van der Waals surface area (Å²) in [6, 6.07) is 14.3. The van der Waals surface area contributed by atoms with Crippen LogP contribution in [0, 0.1) is 0 Å². The highest BCUT2D eigenvalue weighted by Gasteiger charge is 2.07. The van der Waals surface area contributed by atoms with Crippen molar-refractivity contribution in [2.75, 3.05) is 30.3 Å². The van der Waals surface area contributed by atoms with Gasteiger partial charge in [0.25, 0.3) is 5.91 Å². The molecule has 0 saturated heterocycles. The molecule has 0 saturated carbocycles. The Morgan fingerprint density at radius 3 is 2.54 bits per heavy atom. The molecule has 26 heavy (non-hydrogen) atoms. The van der Waals surface area contributed by atoms with Crippen molar-refractivity contribution in [2.45, 2.75) is 20.3 Å². The number of ether oxygens (including phenoxy) is 1. The Hall–Kier alpha value is -3.02. The van der Waals surface area contributed by atoms with Gasteiger partial charge in [-0.25, -0.2) is 0 Å². The van der Waals surface area contributed by atoms with E-state index in [1.807, 2.05) is 38.1 Å². The summed E-state index contributed by atoms with van der Waals surface area (Å²) >= 11 is 0. The first-order chi connectivity index (χ1) is 12.6. The molecule has 6 nitrogen and oxygen atoms in total. The Bertz CT molecular complexity index is 747. The fourth-order valence-corrected chi connectivity index (χ4v) is 2.30. The Morgan fingerprint density at radius 2 is 1.77 bits per heavy atom. The maximum absolute atomic E-state index is 12.1. The fraction of sp³-hybridized carbons (Fsp3) is 0.300. The Morgan fingerprint density at radius 1 is 1.00 bits per heavy atom. The minimum absolute atomic E-state index is 0.0961. The van der Waals surface area contributed by atoms with Gasteiger partial charge in [-0.05, 0) is 43.7 Å². The van der Waals surface area contributed by atoms with Crippen LogP contribution in [0.4, 0.5) is 11.4 Å². The van der Waals surface area contributed by atoms with Crippen LogP contribution in [0.1, 0.15) is 30.6 Å². The summed E-state index contributed by atoms with van der Waals surface area (Å²) in [7, 11) is 0. The third-order valence-corrected chi connectivity index (χ3v) is 3.51. The van der Waals surface area contributed by atoms with Gasteiger partial charge in [0.05, 0.1) is 13.2 Å². The molecule has 0 radical (unpaired) electrons. The number of nitrogens with one attached hydrogen (secondary N) is 3. The van der Waals surface area contributed by atoms with Crippen LogP contribution in [0.3, 0.4) is 0 Å².